The molecule has 0 aromatic heterocycles. The SMILES string of the molecule is N#CCCOCOC[C@@H]1O[C@@H](OCCCN=[N+]=[N-])[C@@H](OCc2ccccc2)[C@@H](OCc2ccccc2)[C@@H]1O. The molecule has 2 aromatic carbocycles. The van der Waals surface area contributed by atoms with Crippen LogP contribution in [-0.2, 0) is 41.6 Å². The normalized spacial score (nSPS) is 22.9. The van der Waals surface area contributed by atoms with E-state index in [1.165, 1.54) is 0 Å². The predicted molar refractivity (Wildman–Crippen MR) is 136 cm³/mol. The maximum Gasteiger partial charge on any atom is 0.186 e. The van der Waals surface area contributed by atoms with Crippen molar-refractivity contribution < 1.29 is 33.5 Å². The van der Waals surface area contributed by atoms with Crippen LogP contribution in [0, 0.1) is 11.3 Å². The van der Waals surface area contributed by atoms with Crippen LogP contribution in [0.5, 0.6) is 0 Å². The molecule has 0 unspecified atom stereocenters. The van der Waals surface area contributed by atoms with E-state index < -0.39 is 30.7 Å². The molecule has 5 atom stereocenters. The van der Waals surface area contributed by atoms with E-state index in [1.54, 1.807) is 0 Å². The number of aliphatic hydroxyl groups excluding tert-OH is 1. The summed E-state index contributed by atoms with van der Waals surface area (Å²) in [5, 5.41) is 23.4. The number of ether oxygens (including phenoxy) is 6. The molecule has 204 valence electrons. The van der Waals surface area contributed by atoms with Gasteiger partial charge in [0.2, 0.25) is 0 Å². The first kappa shape index (κ1) is 29.5. The van der Waals surface area contributed by atoms with Gasteiger partial charge in [-0.1, -0.05) is 65.8 Å². The van der Waals surface area contributed by atoms with Crippen molar-refractivity contribution in [2.45, 2.75) is 56.8 Å². The number of aliphatic hydroxyl groups is 1. The van der Waals surface area contributed by atoms with Gasteiger partial charge in [0.15, 0.2) is 6.29 Å². The van der Waals surface area contributed by atoms with Crippen LogP contribution in [0.15, 0.2) is 65.8 Å². The third kappa shape index (κ3) is 10.0. The molecule has 0 bridgehead atoms. The van der Waals surface area contributed by atoms with Crippen molar-refractivity contribution in [2.75, 3.05) is 33.2 Å². The van der Waals surface area contributed by atoms with E-state index in [0.717, 1.165) is 11.1 Å². The average Bonchev–Trinajstić information content (AvgIpc) is 2.95. The Hall–Kier alpha value is -3.04. The molecule has 1 N–H and O–H groups in total. The van der Waals surface area contributed by atoms with Crippen LogP contribution in [0.2, 0.25) is 0 Å². The van der Waals surface area contributed by atoms with Crippen molar-refractivity contribution in [1.82, 2.24) is 0 Å². The second kappa shape index (κ2) is 17.5. The molecular weight excluding hydrogens is 492 g/mol. The number of hydrogen-bond donors (Lipinski definition) is 1. The van der Waals surface area contributed by atoms with Crippen molar-refractivity contribution in [3.05, 3.63) is 82.2 Å². The minimum Gasteiger partial charge on any atom is -0.387 e. The minimum atomic E-state index is -1.08. The smallest absolute Gasteiger partial charge is 0.186 e. The lowest BCUT2D eigenvalue weighted by Gasteiger charge is -2.44. The summed E-state index contributed by atoms with van der Waals surface area (Å²) in [6, 6.07) is 21.3. The third-order valence-corrected chi connectivity index (χ3v) is 5.74. The summed E-state index contributed by atoms with van der Waals surface area (Å²) >= 11 is 0. The van der Waals surface area contributed by atoms with Gasteiger partial charge < -0.3 is 33.5 Å². The Bertz CT molecular complexity index is 1000. The fourth-order valence-electron chi connectivity index (χ4n) is 3.84. The van der Waals surface area contributed by atoms with E-state index in [9.17, 15) is 5.11 Å². The van der Waals surface area contributed by atoms with Crippen molar-refractivity contribution >= 4 is 0 Å². The topological polar surface area (TPSA) is 148 Å². The number of hydrogen-bond acceptors (Lipinski definition) is 9. The molecule has 1 heterocycles. The Labute approximate surface area is 222 Å². The third-order valence-electron chi connectivity index (χ3n) is 5.74. The number of azide groups is 1. The zero-order chi connectivity index (χ0) is 26.8. The van der Waals surface area contributed by atoms with E-state index >= 15 is 0 Å². The summed E-state index contributed by atoms with van der Waals surface area (Å²) in [6.45, 7) is 1.27. The number of rotatable bonds is 17. The van der Waals surface area contributed by atoms with Crippen LogP contribution in [0.1, 0.15) is 24.0 Å². The lowest BCUT2D eigenvalue weighted by atomic mass is 9.98. The molecule has 2 aromatic rings. The van der Waals surface area contributed by atoms with E-state index in [1.807, 2.05) is 66.7 Å². The standard InChI is InChI=1S/C27H34N4O7/c28-13-7-15-33-20-34-19-23-24(32)25(36-17-21-9-3-1-4-10-21)26(37-18-22-11-5-2-6-12-22)27(38-23)35-16-8-14-30-31-29/h1-6,9-12,23-27,32H,7-8,14-20H2/t23-,24+,25-,26-,27+/m0/s1. The number of nitrogens with zero attached hydrogens (tertiary/aromatic N) is 4. The Morgan fingerprint density at radius 1 is 0.921 bits per heavy atom. The van der Waals surface area contributed by atoms with Crippen molar-refractivity contribution in [3.8, 4) is 6.07 Å². The maximum atomic E-state index is 11.3. The summed E-state index contributed by atoms with van der Waals surface area (Å²) in [4.78, 5) is 2.76. The largest absolute Gasteiger partial charge is 0.387 e. The van der Waals surface area contributed by atoms with Gasteiger partial charge in [-0.15, -0.1) is 0 Å². The fourth-order valence-corrected chi connectivity index (χ4v) is 3.84. The summed E-state index contributed by atoms with van der Waals surface area (Å²) in [7, 11) is 0. The van der Waals surface area contributed by atoms with Crippen molar-refractivity contribution in [2.24, 2.45) is 5.11 Å². The lowest BCUT2D eigenvalue weighted by Crippen LogP contribution is -2.61. The lowest BCUT2D eigenvalue weighted by molar-refractivity contribution is -0.322. The molecule has 38 heavy (non-hydrogen) atoms. The Morgan fingerprint density at radius 3 is 2.21 bits per heavy atom. The highest BCUT2D eigenvalue weighted by Crippen LogP contribution is 2.29. The van der Waals surface area contributed by atoms with Crippen LogP contribution >= 0.6 is 0 Å². The number of nitriles is 1. The van der Waals surface area contributed by atoms with Gasteiger partial charge in [0, 0.05) is 18.1 Å². The first-order valence-corrected chi connectivity index (χ1v) is 12.5. The number of benzene rings is 2. The highest BCUT2D eigenvalue weighted by Gasteiger charge is 2.47. The Morgan fingerprint density at radius 2 is 1.58 bits per heavy atom. The van der Waals surface area contributed by atoms with Gasteiger partial charge in [0.1, 0.15) is 31.2 Å². The molecule has 3 rings (SSSR count). The molecule has 1 aliphatic heterocycles. The molecule has 0 amide bonds. The van der Waals surface area contributed by atoms with E-state index in [2.05, 4.69) is 10.0 Å². The summed E-state index contributed by atoms with van der Waals surface area (Å²) < 4.78 is 35.4. The predicted octanol–water partition coefficient (Wildman–Crippen LogP) is 3.86. The molecule has 11 heteroatoms. The van der Waals surface area contributed by atoms with Crippen molar-refractivity contribution in [1.29, 1.82) is 5.26 Å². The highest BCUT2D eigenvalue weighted by molar-refractivity contribution is 5.14. The zero-order valence-electron chi connectivity index (χ0n) is 21.2. The first-order valence-electron chi connectivity index (χ1n) is 12.5. The van der Waals surface area contributed by atoms with Crippen LogP contribution < -0.4 is 0 Å². The molecule has 1 saturated heterocycles. The average molecular weight is 527 g/mol. The van der Waals surface area contributed by atoms with Gasteiger partial charge in [-0.25, -0.2) is 0 Å². The summed E-state index contributed by atoms with van der Waals surface area (Å²) in [6.07, 6.45) is -3.54. The van der Waals surface area contributed by atoms with E-state index in [-0.39, 0.29) is 52.8 Å². The molecule has 0 spiro atoms. The maximum absolute atomic E-state index is 11.3. The van der Waals surface area contributed by atoms with Crippen LogP contribution in [0.25, 0.3) is 10.4 Å². The fraction of sp³-hybridized carbons (Fsp3) is 0.519. The highest BCUT2D eigenvalue weighted by atomic mass is 16.7. The molecule has 0 radical (unpaired) electrons. The summed E-state index contributed by atoms with van der Waals surface area (Å²) in [5.74, 6) is 0. The van der Waals surface area contributed by atoms with Gasteiger partial charge in [0.25, 0.3) is 0 Å². The van der Waals surface area contributed by atoms with Gasteiger partial charge in [-0.3, -0.25) is 0 Å². The van der Waals surface area contributed by atoms with Crippen LogP contribution in [-0.4, -0.2) is 69.0 Å². The van der Waals surface area contributed by atoms with Gasteiger partial charge in [-0.05, 0) is 23.1 Å². The van der Waals surface area contributed by atoms with E-state index in [0.29, 0.717) is 6.42 Å². The molecule has 0 aliphatic carbocycles. The van der Waals surface area contributed by atoms with E-state index in [4.69, 9.17) is 39.2 Å². The van der Waals surface area contributed by atoms with Crippen molar-refractivity contribution in [3.63, 3.8) is 0 Å². The Kier molecular flexibility index (Phi) is 13.6. The molecular formula is C27H34N4O7. The van der Waals surface area contributed by atoms with Crippen LogP contribution in [0.4, 0.5) is 0 Å². The Balaban J connectivity index is 1.72. The summed E-state index contributed by atoms with van der Waals surface area (Å²) in [5.41, 5.74) is 10.4. The van der Waals surface area contributed by atoms with Crippen LogP contribution in [0.3, 0.4) is 0 Å². The monoisotopic (exact) mass is 526 g/mol. The van der Waals surface area contributed by atoms with Gasteiger partial charge in [-0.2, -0.15) is 5.26 Å². The second-order valence-electron chi connectivity index (χ2n) is 8.54. The van der Waals surface area contributed by atoms with Gasteiger partial charge >= 0.3 is 0 Å². The minimum absolute atomic E-state index is 0.0168. The molecule has 0 saturated carbocycles. The second-order valence-corrected chi connectivity index (χ2v) is 8.54. The molecule has 1 aliphatic rings. The quantitative estimate of drug-likeness (QED) is 0.107. The molecule has 1 fully saturated rings. The zero-order valence-corrected chi connectivity index (χ0v) is 21.2. The van der Waals surface area contributed by atoms with Gasteiger partial charge in [0.05, 0.1) is 38.9 Å². The molecule has 11 nitrogen and oxygen atoms in total. The first-order chi connectivity index (χ1) is 18.7.